The predicted molar refractivity (Wildman–Crippen MR) is 124 cm³/mol. The molecule has 3 unspecified atom stereocenters. The average Bonchev–Trinajstić information content (AvgIpc) is 3.39. The second-order valence-electron chi connectivity index (χ2n) is 10.3. The smallest absolute Gasteiger partial charge is 0.243 e. The maximum Gasteiger partial charge on any atom is 0.243 e. The fourth-order valence-corrected chi connectivity index (χ4v) is 6.16. The molecule has 1 N–H and O–H groups in total. The summed E-state index contributed by atoms with van der Waals surface area (Å²) in [6.07, 6.45) is 5.61. The Morgan fingerprint density at radius 1 is 1.18 bits per heavy atom. The zero-order valence-electron chi connectivity index (χ0n) is 20.0. The summed E-state index contributed by atoms with van der Waals surface area (Å²) in [5.74, 6) is 0.324. The van der Waals surface area contributed by atoms with Gasteiger partial charge in [-0.25, -0.2) is 0 Å². The summed E-state index contributed by atoms with van der Waals surface area (Å²) in [5.41, 5.74) is 1.86. The number of likely N-dealkylation sites (N-methyl/N-ethyl adjacent to an activating group) is 1. The van der Waals surface area contributed by atoms with Crippen LogP contribution in [0.4, 0.5) is 0 Å². The first-order chi connectivity index (χ1) is 15.8. The molecule has 180 valence electrons. The van der Waals surface area contributed by atoms with E-state index in [1.165, 1.54) is 5.57 Å². The number of amides is 1. The summed E-state index contributed by atoms with van der Waals surface area (Å²) in [7, 11) is 1.89. The maximum atomic E-state index is 13.4. The van der Waals surface area contributed by atoms with E-state index in [2.05, 4.69) is 4.90 Å². The van der Waals surface area contributed by atoms with Crippen molar-refractivity contribution in [1.82, 2.24) is 9.80 Å². The fraction of sp³-hybridized carbons (Fsp3) is 0.654. The van der Waals surface area contributed by atoms with Crippen LogP contribution in [0, 0.1) is 0 Å². The molecular formula is C26H36N2O5. The van der Waals surface area contributed by atoms with Crippen LogP contribution < -0.4 is 4.74 Å². The average molecular weight is 457 g/mol. The van der Waals surface area contributed by atoms with Crippen molar-refractivity contribution < 1.29 is 24.1 Å². The van der Waals surface area contributed by atoms with E-state index in [0.717, 1.165) is 50.0 Å². The normalized spacial score (nSPS) is 30.6. The fourth-order valence-electron chi connectivity index (χ4n) is 6.16. The largest absolute Gasteiger partial charge is 0.490 e. The first-order valence-electron chi connectivity index (χ1n) is 12.2. The summed E-state index contributed by atoms with van der Waals surface area (Å²) in [4.78, 5) is 17.6. The molecule has 1 aliphatic carbocycles. The Hall–Kier alpha value is -1.93. The third kappa shape index (κ3) is 4.09. The molecule has 5 rings (SSSR count). The third-order valence-electron chi connectivity index (χ3n) is 8.13. The molecule has 3 aliphatic heterocycles. The van der Waals surface area contributed by atoms with Crippen LogP contribution in [0.1, 0.15) is 57.6 Å². The van der Waals surface area contributed by atoms with E-state index in [0.29, 0.717) is 19.8 Å². The van der Waals surface area contributed by atoms with Crippen LogP contribution in [0.25, 0.3) is 0 Å². The number of ether oxygens (including phenoxy) is 3. The number of aliphatic hydroxyl groups excluding tert-OH is 1. The molecule has 4 aliphatic rings. The molecule has 1 saturated carbocycles. The lowest BCUT2D eigenvalue weighted by molar-refractivity contribution is -0.195. The highest BCUT2D eigenvalue weighted by atomic mass is 16.7. The first kappa shape index (κ1) is 22.8. The number of hydrogen-bond acceptors (Lipinski definition) is 6. The minimum absolute atomic E-state index is 0.00756. The molecular weight excluding hydrogens is 420 g/mol. The number of rotatable bonds is 5. The molecule has 3 heterocycles. The maximum absolute atomic E-state index is 13.4. The Balaban J connectivity index is 1.34. The molecule has 7 heteroatoms. The van der Waals surface area contributed by atoms with Crippen LogP contribution in [0.2, 0.25) is 0 Å². The number of carbonyl (C=O) groups excluding carboxylic acids is 1. The highest BCUT2D eigenvalue weighted by Crippen LogP contribution is 2.51. The van der Waals surface area contributed by atoms with Crippen molar-refractivity contribution in [3.63, 3.8) is 0 Å². The van der Waals surface area contributed by atoms with Crippen molar-refractivity contribution in [2.45, 2.75) is 75.5 Å². The van der Waals surface area contributed by atoms with Gasteiger partial charge in [-0.1, -0.05) is 17.7 Å². The number of aliphatic hydroxyl groups is 1. The van der Waals surface area contributed by atoms with Crippen LogP contribution >= 0.6 is 0 Å². The molecule has 1 aromatic rings. The van der Waals surface area contributed by atoms with Crippen LogP contribution in [-0.4, -0.2) is 77.6 Å². The van der Waals surface area contributed by atoms with Gasteiger partial charge in [-0.3, -0.25) is 9.69 Å². The molecule has 0 radical (unpaired) electrons. The van der Waals surface area contributed by atoms with Crippen LogP contribution in [0.5, 0.6) is 5.75 Å². The van der Waals surface area contributed by atoms with Crippen molar-refractivity contribution >= 4 is 5.91 Å². The molecule has 33 heavy (non-hydrogen) atoms. The van der Waals surface area contributed by atoms with Crippen LogP contribution in [0.3, 0.4) is 0 Å². The summed E-state index contributed by atoms with van der Waals surface area (Å²) in [6.45, 7) is 6.73. The molecule has 2 bridgehead atoms. The zero-order chi connectivity index (χ0) is 23.2. The van der Waals surface area contributed by atoms with Gasteiger partial charge in [0.1, 0.15) is 24.5 Å². The van der Waals surface area contributed by atoms with E-state index >= 15 is 0 Å². The van der Waals surface area contributed by atoms with Crippen molar-refractivity contribution in [3.05, 3.63) is 41.5 Å². The van der Waals surface area contributed by atoms with E-state index in [1.807, 2.05) is 56.1 Å². The van der Waals surface area contributed by atoms with E-state index in [1.54, 1.807) is 0 Å². The summed E-state index contributed by atoms with van der Waals surface area (Å²) >= 11 is 0. The van der Waals surface area contributed by atoms with Gasteiger partial charge in [-0.2, -0.15) is 0 Å². The van der Waals surface area contributed by atoms with Gasteiger partial charge in [-0.05, 0) is 56.9 Å². The lowest BCUT2D eigenvalue weighted by atomic mass is 9.76. The predicted octanol–water partition coefficient (Wildman–Crippen LogP) is 3.04. The van der Waals surface area contributed by atoms with Gasteiger partial charge >= 0.3 is 0 Å². The van der Waals surface area contributed by atoms with E-state index in [4.69, 9.17) is 14.2 Å². The van der Waals surface area contributed by atoms with Crippen molar-refractivity contribution in [2.75, 3.05) is 33.4 Å². The molecule has 2 spiro atoms. The minimum atomic E-state index is -0.891. The standard InChI is InChI=1S/C26H36N2O5/c1-18(2)8-13-31-21-6-4-19(5-7-21)23(29)22-24(30)27(3)20-16-25(28(22)17-20)9-11-26(12-10-25)32-14-15-33-26/h4-8,20,22-23,29H,9-17H2,1-3H3/t20?,22?,23-/m1/s1. The quantitative estimate of drug-likeness (QED) is 0.687. The Morgan fingerprint density at radius 3 is 2.48 bits per heavy atom. The van der Waals surface area contributed by atoms with Gasteiger partial charge < -0.3 is 24.2 Å². The van der Waals surface area contributed by atoms with Gasteiger partial charge in [0.2, 0.25) is 5.91 Å². The van der Waals surface area contributed by atoms with Crippen molar-refractivity contribution in [2.24, 2.45) is 0 Å². The number of carbonyl (C=O) groups is 1. The number of benzene rings is 1. The van der Waals surface area contributed by atoms with Gasteiger partial charge in [0, 0.05) is 38.0 Å². The first-order valence-corrected chi connectivity index (χ1v) is 12.2. The van der Waals surface area contributed by atoms with Crippen molar-refractivity contribution in [3.8, 4) is 5.75 Å². The number of piperazine rings is 1. The van der Waals surface area contributed by atoms with E-state index in [-0.39, 0.29) is 17.5 Å². The number of nitrogens with zero attached hydrogens (tertiary/aromatic N) is 2. The molecule has 7 nitrogen and oxygen atoms in total. The van der Waals surface area contributed by atoms with Crippen molar-refractivity contribution in [1.29, 1.82) is 0 Å². The highest BCUT2D eigenvalue weighted by molar-refractivity contribution is 5.84. The molecule has 4 fully saturated rings. The molecule has 4 atom stereocenters. The van der Waals surface area contributed by atoms with Gasteiger partial charge in [0.05, 0.1) is 13.2 Å². The second kappa shape index (κ2) is 8.69. The topological polar surface area (TPSA) is 71.5 Å². The Bertz CT molecular complexity index is 894. The SMILES string of the molecule is CC(C)=CCOc1ccc([C@@H](O)C2C(=O)N(C)C3CN2C2(CCC4(CC2)OCCO4)C3)cc1. The van der Waals surface area contributed by atoms with Crippen LogP contribution in [0.15, 0.2) is 35.9 Å². The summed E-state index contributed by atoms with van der Waals surface area (Å²) < 4.78 is 17.7. The second-order valence-corrected chi connectivity index (χ2v) is 10.3. The molecule has 0 aromatic heterocycles. The lowest BCUT2D eigenvalue weighted by Crippen LogP contribution is -2.62. The molecule has 1 amide bonds. The Labute approximate surface area is 196 Å². The minimum Gasteiger partial charge on any atom is -0.490 e. The number of allylic oxidation sites excluding steroid dienone is 1. The monoisotopic (exact) mass is 456 g/mol. The lowest BCUT2D eigenvalue weighted by Gasteiger charge is -2.49. The van der Waals surface area contributed by atoms with Gasteiger partial charge in [0.25, 0.3) is 0 Å². The van der Waals surface area contributed by atoms with E-state index in [9.17, 15) is 9.90 Å². The summed E-state index contributed by atoms with van der Waals surface area (Å²) in [5, 5.41) is 11.4. The third-order valence-corrected chi connectivity index (χ3v) is 8.13. The Kier molecular flexibility index (Phi) is 6.02. The van der Waals surface area contributed by atoms with Gasteiger partial charge in [0.15, 0.2) is 5.79 Å². The van der Waals surface area contributed by atoms with Gasteiger partial charge in [-0.15, -0.1) is 0 Å². The molecule has 3 saturated heterocycles. The van der Waals surface area contributed by atoms with Crippen LogP contribution in [-0.2, 0) is 14.3 Å². The number of fused-ring (bicyclic) bond motifs is 3. The zero-order valence-corrected chi connectivity index (χ0v) is 20.0. The number of hydrogen-bond donors (Lipinski definition) is 1. The highest BCUT2D eigenvalue weighted by Gasteiger charge is 2.60. The summed E-state index contributed by atoms with van der Waals surface area (Å²) in [6, 6.07) is 7.12. The van der Waals surface area contributed by atoms with E-state index < -0.39 is 17.9 Å². The molecule has 1 aromatic carbocycles. The Morgan fingerprint density at radius 2 is 1.85 bits per heavy atom.